The van der Waals surface area contributed by atoms with E-state index in [1.807, 2.05) is 0 Å². The first-order valence-electron chi connectivity index (χ1n) is 3.64. The highest BCUT2D eigenvalue weighted by Gasteiger charge is 2.22. The van der Waals surface area contributed by atoms with Crippen molar-refractivity contribution >= 4 is 11.7 Å². The summed E-state index contributed by atoms with van der Waals surface area (Å²) < 4.78 is 0. The van der Waals surface area contributed by atoms with Crippen molar-refractivity contribution in [2.75, 3.05) is 0 Å². The van der Waals surface area contributed by atoms with Gasteiger partial charge in [0.2, 0.25) is 0 Å². The number of rotatable bonds is 2. The summed E-state index contributed by atoms with van der Waals surface area (Å²) in [4.78, 5) is 10.2. The van der Waals surface area contributed by atoms with Gasteiger partial charge in [-0.1, -0.05) is 5.16 Å². The third kappa shape index (κ3) is 2.22. The number of carboxylic acids is 1. The van der Waals surface area contributed by atoms with Crippen molar-refractivity contribution < 1.29 is 15.1 Å². The molecule has 1 aliphatic rings. The van der Waals surface area contributed by atoms with Crippen molar-refractivity contribution in [1.29, 1.82) is 0 Å². The van der Waals surface area contributed by atoms with Crippen LogP contribution in [0.1, 0.15) is 25.7 Å². The van der Waals surface area contributed by atoms with E-state index in [0.29, 0.717) is 6.42 Å². The molecule has 1 rings (SSSR count). The van der Waals surface area contributed by atoms with E-state index in [1.54, 1.807) is 0 Å². The quantitative estimate of drug-likeness (QED) is 0.465. The summed E-state index contributed by atoms with van der Waals surface area (Å²) in [5.74, 6) is -0.590. The molecular formula is C7H11NO3. The van der Waals surface area contributed by atoms with Crippen LogP contribution in [0.2, 0.25) is 0 Å². The first-order chi connectivity index (χ1) is 5.22. The molecule has 0 aromatic carbocycles. The molecule has 2 N–H and O–H groups in total. The average Bonchev–Trinajstić information content (AvgIpc) is 2.34. The van der Waals surface area contributed by atoms with E-state index in [4.69, 9.17) is 10.3 Å². The Balaban J connectivity index is 2.36. The van der Waals surface area contributed by atoms with Crippen LogP contribution < -0.4 is 0 Å². The summed E-state index contributed by atoms with van der Waals surface area (Å²) in [6.45, 7) is 0. The summed E-state index contributed by atoms with van der Waals surface area (Å²) >= 11 is 0. The van der Waals surface area contributed by atoms with Gasteiger partial charge in [0.15, 0.2) is 0 Å². The number of carboxylic acid groups (broad SMARTS) is 1. The highest BCUT2D eigenvalue weighted by Crippen LogP contribution is 2.25. The SMILES string of the molecule is O=C(O)C[C@@H]1CC/C(=N/O)C1. The molecule has 0 bridgehead atoms. The van der Waals surface area contributed by atoms with E-state index in [0.717, 1.165) is 18.6 Å². The molecule has 0 saturated heterocycles. The summed E-state index contributed by atoms with van der Waals surface area (Å²) in [7, 11) is 0. The van der Waals surface area contributed by atoms with E-state index < -0.39 is 5.97 Å². The molecule has 11 heavy (non-hydrogen) atoms. The Morgan fingerprint density at radius 2 is 2.45 bits per heavy atom. The molecule has 1 saturated carbocycles. The van der Waals surface area contributed by atoms with Crippen molar-refractivity contribution in [3.63, 3.8) is 0 Å². The topological polar surface area (TPSA) is 69.9 Å². The van der Waals surface area contributed by atoms with E-state index in [-0.39, 0.29) is 12.3 Å². The van der Waals surface area contributed by atoms with E-state index in [1.165, 1.54) is 0 Å². The van der Waals surface area contributed by atoms with Gasteiger partial charge in [0.1, 0.15) is 0 Å². The molecule has 0 spiro atoms. The van der Waals surface area contributed by atoms with Gasteiger partial charge < -0.3 is 10.3 Å². The largest absolute Gasteiger partial charge is 0.481 e. The molecule has 0 aliphatic heterocycles. The molecule has 0 unspecified atom stereocenters. The zero-order valence-electron chi connectivity index (χ0n) is 6.16. The monoisotopic (exact) mass is 157 g/mol. The first kappa shape index (κ1) is 8.04. The lowest BCUT2D eigenvalue weighted by molar-refractivity contribution is -0.138. The fraction of sp³-hybridized carbons (Fsp3) is 0.714. The van der Waals surface area contributed by atoms with Gasteiger partial charge in [-0.15, -0.1) is 0 Å². The van der Waals surface area contributed by atoms with Crippen LogP contribution in [0.5, 0.6) is 0 Å². The minimum Gasteiger partial charge on any atom is -0.481 e. The van der Waals surface area contributed by atoms with Gasteiger partial charge in [-0.2, -0.15) is 0 Å². The zero-order chi connectivity index (χ0) is 8.27. The van der Waals surface area contributed by atoms with Crippen LogP contribution in [0.4, 0.5) is 0 Å². The zero-order valence-corrected chi connectivity index (χ0v) is 6.16. The lowest BCUT2D eigenvalue weighted by Crippen LogP contribution is -2.04. The maximum absolute atomic E-state index is 10.2. The molecule has 0 amide bonds. The molecule has 4 heteroatoms. The van der Waals surface area contributed by atoms with Gasteiger partial charge in [0, 0.05) is 6.42 Å². The molecule has 1 fully saturated rings. The van der Waals surface area contributed by atoms with Crippen LogP contribution >= 0.6 is 0 Å². The Kier molecular flexibility index (Phi) is 2.46. The number of oxime groups is 1. The van der Waals surface area contributed by atoms with Gasteiger partial charge >= 0.3 is 5.97 Å². The fourth-order valence-corrected chi connectivity index (χ4v) is 1.42. The van der Waals surface area contributed by atoms with Crippen molar-refractivity contribution in [1.82, 2.24) is 0 Å². The van der Waals surface area contributed by atoms with Crippen molar-refractivity contribution in [2.45, 2.75) is 25.7 Å². The molecule has 0 heterocycles. The minimum absolute atomic E-state index is 0.179. The van der Waals surface area contributed by atoms with Crippen LogP contribution in [-0.4, -0.2) is 22.0 Å². The van der Waals surface area contributed by atoms with Crippen LogP contribution in [0, 0.1) is 5.92 Å². The number of carbonyl (C=O) groups is 1. The Morgan fingerprint density at radius 3 is 2.91 bits per heavy atom. The second kappa shape index (κ2) is 3.37. The Hall–Kier alpha value is -1.06. The Morgan fingerprint density at radius 1 is 1.73 bits per heavy atom. The maximum Gasteiger partial charge on any atom is 0.303 e. The van der Waals surface area contributed by atoms with Gasteiger partial charge in [-0.05, 0) is 25.2 Å². The smallest absolute Gasteiger partial charge is 0.303 e. The number of aliphatic carboxylic acids is 1. The molecule has 4 nitrogen and oxygen atoms in total. The maximum atomic E-state index is 10.2. The third-order valence-electron chi connectivity index (χ3n) is 1.97. The lowest BCUT2D eigenvalue weighted by Gasteiger charge is -2.01. The Bertz CT molecular complexity index is 188. The van der Waals surface area contributed by atoms with Crippen molar-refractivity contribution in [3.05, 3.63) is 0 Å². The first-order valence-corrected chi connectivity index (χ1v) is 3.64. The normalized spacial score (nSPS) is 27.6. The second-order valence-corrected chi connectivity index (χ2v) is 2.87. The summed E-state index contributed by atoms with van der Waals surface area (Å²) in [5.41, 5.74) is 0.733. The summed E-state index contributed by atoms with van der Waals surface area (Å²) in [5, 5.41) is 19.9. The highest BCUT2D eigenvalue weighted by molar-refractivity contribution is 5.86. The predicted molar refractivity (Wildman–Crippen MR) is 38.8 cm³/mol. The van der Waals surface area contributed by atoms with Gasteiger partial charge in [0.25, 0.3) is 0 Å². The molecule has 0 aromatic rings. The highest BCUT2D eigenvalue weighted by atomic mass is 16.4. The van der Waals surface area contributed by atoms with Gasteiger partial charge in [0.05, 0.1) is 5.71 Å². The third-order valence-corrected chi connectivity index (χ3v) is 1.97. The predicted octanol–water partition coefficient (Wildman–Crippen LogP) is 1.09. The standard InChI is InChI=1S/C7H11NO3/c9-7(10)4-5-1-2-6(3-5)8-11/h5,11H,1-4H2,(H,9,10)/b8-6-/t5-/m1/s1. The number of nitrogens with zero attached hydrogens (tertiary/aromatic N) is 1. The molecule has 62 valence electrons. The number of hydrogen-bond donors (Lipinski definition) is 2. The van der Waals surface area contributed by atoms with Crippen LogP contribution in [0.25, 0.3) is 0 Å². The average molecular weight is 157 g/mol. The minimum atomic E-state index is -0.769. The van der Waals surface area contributed by atoms with Crippen molar-refractivity contribution in [2.24, 2.45) is 11.1 Å². The molecule has 0 radical (unpaired) electrons. The number of hydrogen-bond acceptors (Lipinski definition) is 3. The fourth-order valence-electron chi connectivity index (χ4n) is 1.42. The lowest BCUT2D eigenvalue weighted by atomic mass is 10.0. The molecule has 1 atom stereocenters. The van der Waals surface area contributed by atoms with Crippen molar-refractivity contribution in [3.8, 4) is 0 Å². The van der Waals surface area contributed by atoms with E-state index in [9.17, 15) is 4.79 Å². The van der Waals surface area contributed by atoms with Crippen LogP contribution in [0.15, 0.2) is 5.16 Å². The summed E-state index contributed by atoms with van der Waals surface area (Å²) in [6, 6.07) is 0. The van der Waals surface area contributed by atoms with Gasteiger partial charge in [-0.25, -0.2) is 0 Å². The van der Waals surface area contributed by atoms with Gasteiger partial charge in [-0.3, -0.25) is 4.79 Å². The van der Waals surface area contributed by atoms with Crippen LogP contribution in [-0.2, 0) is 4.79 Å². The summed E-state index contributed by atoms with van der Waals surface area (Å²) in [6.07, 6.45) is 2.42. The molecular weight excluding hydrogens is 146 g/mol. The Labute approximate surface area is 64.5 Å². The molecule has 0 aromatic heterocycles. The molecule has 1 aliphatic carbocycles. The van der Waals surface area contributed by atoms with E-state index in [2.05, 4.69) is 5.16 Å². The van der Waals surface area contributed by atoms with E-state index >= 15 is 0 Å². The van der Waals surface area contributed by atoms with Crippen LogP contribution in [0.3, 0.4) is 0 Å². The second-order valence-electron chi connectivity index (χ2n) is 2.87.